The predicted octanol–water partition coefficient (Wildman–Crippen LogP) is 5.08. The number of amides is 1. The molecule has 1 saturated carbocycles. The molecule has 0 unspecified atom stereocenters. The molecular formula is C28H29F2N5O2. The van der Waals surface area contributed by atoms with Crippen LogP contribution in [0.1, 0.15) is 47.2 Å². The standard InChI is InChI=1S/C28H29F2N5O2/c1-3-4-9-35-13-20(14-35)37-26-25(32-15-33-27(26)31)22-11-19(29)12-24(16(22)2)34-28(36)21-8-7-18(10-23(21)30)17-5-6-17/h3-4,7-8,10-12,15,17,20H,5-6,9,13-14H2,1-2H3,(H,34,36)(H2,31,32,33)/b4-3+. The van der Waals surface area contributed by atoms with E-state index < -0.39 is 17.5 Å². The van der Waals surface area contributed by atoms with Crippen LogP contribution in [0.3, 0.4) is 0 Å². The van der Waals surface area contributed by atoms with E-state index in [1.165, 1.54) is 30.6 Å². The zero-order valence-corrected chi connectivity index (χ0v) is 20.8. The highest BCUT2D eigenvalue weighted by Crippen LogP contribution is 2.41. The third-order valence-corrected chi connectivity index (χ3v) is 6.80. The number of carbonyl (C=O) groups excluding carboxylic acids is 1. The van der Waals surface area contributed by atoms with E-state index in [0.717, 1.165) is 24.9 Å². The van der Waals surface area contributed by atoms with Crippen LogP contribution in [0.2, 0.25) is 0 Å². The second-order valence-corrected chi connectivity index (χ2v) is 9.56. The smallest absolute Gasteiger partial charge is 0.258 e. The number of nitrogens with two attached hydrogens (primary N) is 1. The lowest BCUT2D eigenvalue weighted by Crippen LogP contribution is -2.53. The van der Waals surface area contributed by atoms with E-state index in [9.17, 15) is 13.6 Å². The lowest BCUT2D eigenvalue weighted by atomic mass is 10.0. The Labute approximate surface area is 214 Å². The summed E-state index contributed by atoms with van der Waals surface area (Å²) in [4.78, 5) is 23.5. The van der Waals surface area contributed by atoms with Crippen molar-refractivity contribution in [2.45, 2.75) is 38.7 Å². The van der Waals surface area contributed by atoms with Gasteiger partial charge in [-0.25, -0.2) is 18.7 Å². The molecule has 3 N–H and O–H groups in total. The number of aromatic nitrogens is 2. The fraction of sp³-hybridized carbons (Fsp3) is 0.321. The van der Waals surface area contributed by atoms with Crippen molar-refractivity contribution in [3.63, 3.8) is 0 Å². The van der Waals surface area contributed by atoms with Crippen molar-refractivity contribution in [2.75, 3.05) is 30.7 Å². The van der Waals surface area contributed by atoms with Crippen LogP contribution >= 0.6 is 0 Å². The van der Waals surface area contributed by atoms with Gasteiger partial charge in [0.1, 0.15) is 29.8 Å². The van der Waals surface area contributed by atoms with Crippen molar-refractivity contribution in [3.05, 3.63) is 77.1 Å². The maximum absolute atomic E-state index is 14.8. The Bertz CT molecular complexity index is 1370. The Balaban J connectivity index is 1.40. The minimum Gasteiger partial charge on any atom is -0.482 e. The highest BCUT2D eigenvalue weighted by Gasteiger charge is 2.30. The minimum atomic E-state index is -0.658. The van der Waals surface area contributed by atoms with Gasteiger partial charge in [-0.15, -0.1) is 0 Å². The molecule has 1 aromatic heterocycles. The Morgan fingerprint density at radius 3 is 2.70 bits per heavy atom. The van der Waals surface area contributed by atoms with E-state index in [0.29, 0.717) is 35.8 Å². The number of nitrogens with zero attached hydrogens (tertiary/aromatic N) is 3. The maximum Gasteiger partial charge on any atom is 0.258 e. The fourth-order valence-electron chi connectivity index (χ4n) is 4.49. The lowest BCUT2D eigenvalue weighted by molar-refractivity contribution is 0.0287. The number of ether oxygens (including phenoxy) is 1. The molecule has 1 aliphatic carbocycles. The van der Waals surface area contributed by atoms with Crippen LogP contribution in [-0.4, -0.2) is 46.5 Å². The van der Waals surface area contributed by atoms with Crippen molar-refractivity contribution in [3.8, 4) is 17.0 Å². The first-order valence-corrected chi connectivity index (χ1v) is 12.4. The molecule has 5 rings (SSSR count). The van der Waals surface area contributed by atoms with Gasteiger partial charge in [-0.2, -0.15) is 0 Å². The van der Waals surface area contributed by atoms with Gasteiger partial charge >= 0.3 is 0 Å². The zero-order valence-electron chi connectivity index (χ0n) is 20.8. The average Bonchev–Trinajstić information content (AvgIpc) is 3.69. The summed E-state index contributed by atoms with van der Waals surface area (Å²) in [6.45, 7) is 5.96. The van der Waals surface area contributed by atoms with Crippen molar-refractivity contribution >= 4 is 17.4 Å². The number of carbonyl (C=O) groups is 1. The van der Waals surface area contributed by atoms with Crippen molar-refractivity contribution < 1.29 is 18.3 Å². The van der Waals surface area contributed by atoms with Crippen LogP contribution in [0.5, 0.6) is 5.75 Å². The third-order valence-electron chi connectivity index (χ3n) is 6.80. The van der Waals surface area contributed by atoms with Crippen molar-refractivity contribution in [2.24, 2.45) is 0 Å². The summed E-state index contributed by atoms with van der Waals surface area (Å²) < 4.78 is 35.6. The van der Waals surface area contributed by atoms with Crippen LogP contribution in [0.25, 0.3) is 11.3 Å². The molecule has 1 aliphatic heterocycles. The first-order valence-electron chi connectivity index (χ1n) is 12.4. The van der Waals surface area contributed by atoms with Gasteiger partial charge in [0.05, 0.1) is 5.56 Å². The molecule has 1 amide bonds. The first kappa shape index (κ1) is 24.8. The first-order chi connectivity index (χ1) is 17.8. The number of likely N-dealkylation sites (tertiary alicyclic amines) is 1. The number of hydrogen-bond acceptors (Lipinski definition) is 6. The highest BCUT2D eigenvalue weighted by molar-refractivity contribution is 6.05. The Morgan fingerprint density at radius 1 is 1.22 bits per heavy atom. The maximum atomic E-state index is 14.8. The van der Waals surface area contributed by atoms with Gasteiger partial charge in [-0.3, -0.25) is 9.69 Å². The number of benzene rings is 2. The van der Waals surface area contributed by atoms with E-state index in [1.54, 1.807) is 13.0 Å². The molecule has 3 aromatic rings. The molecule has 2 aliphatic rings. The summed E-state index contributed by atoms with van der Waals surface area (Å²) in [6.07, 6.45) is 7.31. The molecule has 0 spiro atoms. The SMILES string of the molecule is C/C=C/CN1CC(Oc2c(N)ncnc2-c2cc(F)cc(NC(=O)c3ccc(C4CC4)cc3F)c2C)C1. The quantitative estimate of drug-likeness (QED) is 0.415. The van der Waals surface area contributed by atoms with Gasteiger partial charge in [0, 0.05) is 30.9 Å². The van der Waals surface area contributed by atoms with Gasteiger partial charge in [0.15, 0.2) is 11.6 Å². The van der Waals surface area contributed by atoms with Crippen LogP contribution < -0.4 is 15.8 Å². The van der Waals surface area contributed by atoms with Gasteiger partial charge in [-0.1, -0.05) is 18.2 Å². The van der Waals surface area contributed by atoms with Crippen LogP contribution in [0.4, 0.5) is 20.3 Å². The molecule has 7 nitrogen and oxygen atoms in total. The number of nitrogens with one attached hydrogen (secondary N) is 1. The second kappa shape index (κ2) is 10.3. The van der Waals surface area contributed by atoms with Crippen LogP contribution in [0.15, 0.2) is 48.8 Å². The third kappa shape index (κ3) is 5.32. The Kier molecular flexibility index (Phi) is 6.88. The molecule has 2 heterocycles. The molecule has 9 heteroatoms. The minimum absolute atomic E-state index is 0.0997. The van der Waals surface area contributed by atoms with Gasteiger partial charge in [0.25, 0.3) is 5.91 Å². The normalized spacial score (nSPS) is 16.1. The second-order valence-electron chi connectivity index (χ2n) is 9.56. The summed E-state index contributed by atoms with van der Waals surface area (Å²) >= 11 is 0. The zero-order chi connectivity index (χ0) is 26.1. The summed E-state index contributed by atoms with van der Waals surface area (Å²) in [6, 6.07) is 7.16. The summed E-state index contributed by atoms with van der Waals surface area (Å²) in [5.74, 6) is -1.07. The number of anilines is 2. The Morgan fingerprint density at radius 2 is 2.00 bits per heavy atom. The number of halogens is 2. The summed E-state index contributed by atoms with van der Waals surface area (Å²) in [7, 11) is 0. The predicted molar refractivity (Wildman–Crippen MR) is 139 cm³/mol. The van der Waals surface area contributed by atoms with Crippen molar-refractivity contribution in [1.29, 1.82) is 0 Å². The van der Waals surface area contributed by atoms with Crippen molar-refractivity contribution in [1.82, 2.24) is 14.9 Å². The molecule has 2 fully saturated rings. The monoisotopic (exact) mass is 505 g/mol. The molecular weight excluding hydrogens is 476 g/mol. The number of nitrogen functional groups attached to an aromatic ring is 1. The molecule has 0 atom stereocenters. The lowest BCUT2D eigenvalue weighted by Gasteiger charge is -2.38. The Hall–Kier alpha value is -3.85. The highest BCUT2D eigenvalue weighted by atomic mass is 19.1. The van der Waals surface area contributed by atoms with E-state index >= 15 is 0 Å². The fourth-order valence-corrected chi connectivity index (χ4v) is 4.49. The average molecular weight is 506 g/mol. The van der Waals surface area contributed by atoms with Gasteiger partial charge in [0.2, 0.25) is 0 Å². The van der Waals surface area contributed by atoms with Gasteiger partial charge < -0.3 is 15.8 Å². The van der Waals surface area contributed by atoms with Crippen LogP contribution in [0, 0.1) is 18.6 Å². The molecule has 0 bridgehead atoms. The molecule has 1 saturated heterocycles. The molecule has 37 heavy (non-hydrogen) atoms. The van der Waals surface area contributed by atoms with Gasteiger partial charge in [-0.05, 0) is 68.0 Å². The molecule has 0 radical (unpaired) electrons. The van der Waals surface area contributed by atoms with E-state index in [-0.39, 0.29) is 28.9 Å². The molecule has 192 valence electrons. The summed E-state index contributed by atoms with van der Waals surface area (Å²) in [5.41, 5.74) is 8.39. The van der Waals surface area contributed by atoms with E-state index in [2.05, 4.69) is 26.3 Å². The van der Waals surface area contributed by atoms with Crippen LogP contribution in [-0.2, 0) is 0 Å². The van der Waals surface area contributed by atoms with E-state index in [1.807, 2.05) is 13.0 Å². The van der Waals surface area contributed by atoms with E-state index in [4.69, 9.17) is 10.5 Å². The number of allylic oxidation sites excluding steroid dienone is 1. The number of hydrogen-bond donors (Lipinski definition) is 2. The largest absolute Gasteiger partial charge is 0.482 e. The topological polar surface area (TPSA) is 93.4 Å². The summed E-state index contributed by atoms with van der Waals surface area (Å²) in [5, 5.41) is 2.66. The number of rotatable bonds is 8. The molecule has 2 aromatic carbocycles.